The van der Waals surface area contributed by atoms with E-state index in [1.165, 1.54) is 30.0 Å². The van der Waals surface area contributed by atoms with Gasteiger partial charge in [0.05, 0.1) is 5.25 Å². The van der Waals surface area contributed by atoms with Crippen LogP contribution < -0.4 is 16.0 Å². The number of nitrogens with one attached hydrogen (secondary N) is 3. The van der Waals surface area contributed by atoms with Crippen molar-refractivity contribution in [3.63, 3.8) is 0 Å². The Labute approximate surface area is 161 Å². The number of thioether (sulfide) groups is 1. The van der Waals surface area contributed by atoms with Crippen molar-refractivity contribution in [2.75, 3.05) is 22.5 Å². The highest BCUT2D eigenvalue weighted by atomic mass is 32.2. The van der Waals surface area contributed by atoms with Crippen molar-refractivity contribution in [3.05, 3.63) is 24.3 Å². The Balaban J connectivity index is 1.84. The molecule has 1 heterocycles. The molecule has 1 unspecified atom stereocenters. The van der Waals surface area contributed by atoms with Gasteiger partial charge in [-0.1, -0.05) is 36.4 Å². The molecular formula is C17H23N5O2S2. The van der Waals surface area contributed by atoms with Crippen LogP contribution in [0.5, 0.6) is 0 Å². The van der Waals surface area contributed by atoms with E-state index in [2.05, 4.69) is 33.1 Å². The number of hydrogen-bond donors (Lipinski definition) is 3. The second kappa shape index (κ2) is 10.1. The molecular weight excluding hydrogens is 370 g/mol. The van der Waals surface area contributed by atoms with Crippen molar-refractivity contribution in [1.29, 1.82) is 0 Å². The summed E-state index contributed by atoms with van der Waals surface area (Å²) in [5, 5.41) is 17.4. The lowest BCUT2D eigenvalue weighted by Gasteiger charge is -2.11. The lowest BCUT2D eigenvalue weighted by Crippen LogP contribution is -2.22. The molecule has 0 bridgehead atoms. The number of carbonyl (C=O) groups is 2. The van der Waals surface area contributed by atoms with E-state index < -0.39 is 0 Å². The molecule has 7 nitrogen and oxygen atoms in total. The summed E-state index contributed by atoms with van der Waals surface area (Å²) >= 11 is 2.83. The molecule has 2 amide bonds. The maximum Gasteiger partial charge on any atom is 0.237 e. The van der Waals surface area contributed by atoms with Gasteiger partial charge in [-0.25, -0.2) is 0 Å². The van der Waals surface area contributed by atoms with E-state index in [1.807, 2.05) is 6.92 Å². The molecule has 0 fully saturated rings. The summed E-state index contributed by atoms with van der Waals surface area (Å²) in [5.74, 6) is -0.245. The Morgan fingerprint density at radius 1 is 1.15 bits per heavy atom. The summed E-state index contributed by atoms with van der Waals surface area (Å²) in [7, 11) is 0. The first-order chi connectivity index (χ1) is 12.5. The van der Waals surface area contributed by atoms with Gasteiger partial charge in [0.2, 0.25) is 16.9 Å². The molecule has 3 N–H and O–H groups in total. The molecule has 1 aromatic carbocycles. The Morgan fingerprint density at radius 2 is 1.81 bits per heavy atom. The van der Waals surface area contributed by atoms with Gasteiger partial charge in [0, 0.05) is 24.8 Å². The van der Waals surface area contributed by atoms with Crippen molar-refractivity contribution in [1.82, 2.24) is 10.2 Å². The van der Waals surface area contributed by atoms with E-state index in [1.54, 1.807) is 24.3 Å². The summed E-state index contributed by atoms with van der Waals surface area (Å²) in [6.07, 6.45) is 2.21. The van der Waals surface area contributed by atoms with Crippen LogP contribution in [0.4, 0.5) is 16.5 Å². The number of hydrogen-bond acceptors (Lipinski definition) is 7. The molecule has 1 aromatic heterocycles. The normalized spacial score (nSPS) is 11.7. The van der Waals surface area contributed by atoms with Gasteiger partial charge in [0.1, 0.15) is 0 Å². The van der Waals surface area contributed by atoms with Gasteiger partial charge in [-0.05, 0) is 37.6 Å². The first kappa shape index (κ1) is 20.2. The third-order valence-corrected chi connectivity index (χ3v) is 5.40. The van der Waals surface area contributed by atoms with Crippen LogP contribution in [0.2, 0.25) is 0 Å². The third-order valence-electron chi connectivity index (χ3n) is 3.33. The third kappa shape index (κ3) is 6.64. The molecule has 9 heteroatoms. The SMILES string of the molecule is CCCCNc1nnc(SC(C)C(=O)Nc2ccc(NC(C)=O)cc2)s1. The zero-order valence-electron chi connectivity index (χ0n) is 15.0. The number of rotatable bonds is 9. The number of aromatic nitrogens is 2. The van der Waals surface area contributed by atoms with Crippen LogP contribution in [0.25, 0.3) is 0 Å². The highest BCUT2D eigenvalue weighted by molar-refractivity contribution is 8.02. The summed E-state index contributed by atoms with van der Waals surface area (Å²) in [5.41, 5.74) is 1.37. The minimum Gasteiger partial charge on any atom is -0.360 e. The van der Waals surface area contributed by atoms with E-state index in [4.69, 9.17) is 0 Å². The monoisotopic (exact) mass is 393 g/mol. The van der Waals surface area contributed by atoms with Gasteiger partial charge in [-0.15, -0.1) is 10.2 Å². The lowest BCUT2D eigenvalue weighted by atomic mass is 10.2. The molecule has 0 aliphatic heterocycles. The molecule has 0 saturated heterocycles. The summed E-state index contributed by atoms with van der Waals surface area (Å²) in [6.45, 7) is 6.29. The molecule has 0 spiro atoms. The van der Waals surface area contributed by atoms with Crippen molar-refractivity contribution in [2.24, 2.45) is 0 Å². The fraction of sp³-hybridized carbons (Fsp3) is 0.412. The van der Waals surface area contributed by atoms with Gasteiger partial charge in [-0.2, -0.15) is 0 Å². The smallest absolute Gasteiger partial charge is 0.237 e. The van der Waals surface area contributed by atoms with Crippen LogP contribution in [0.3, 0.4) is 0 Å². The molecule has 26 heavy (non-hydrogen) atoms. The predicted molar refractivity (Wildman–Crippen MR) is 108 cm³/mol. The van der Waals surface area contributed by atoms with E-state index in [0.29, 0.717) is 11.4 Å². The van der Waals surface area contributed by atoms with Crippen LogP contribution in [-0.4, -0.2) is 33.8 Å². The molecule has 1 atom stereocenters. The predicted octanol–water partition coefficient (Wildman–Crippen LogP) is 3.83. The zero-order chi connectivity index (χ0) is 18.9. The molecule has 0 aliphatic rings. The zero-order valence-corrected chi connectivity index (χ0v) is 16.7. The minimum absolute atomic E-state index is 0.113. The molecule has 2 aromatic rings. The topological polar surface area (TPSA) is 96.0 Å². The van der Waals surface area contributed by atoms with E-state index in [9.17, 15) is 9.59 Å². The van der Waals surface area contributed by atoms with Crippen molar-refractivity contribution >= 4 is 51.4 Å². The van der Waals surface area contributed by atoms with Crippen LogP contribution in [-0.2, 0) is 9.59 Å². The van der Waals surface area contributed by atoms with Gasteiger partial charge in [0.15, 0.2) is 4.34 Å². The maximum atomic E-state index is 12.3. The van der Waals surface area contributed by atoms with Crippen LogP contribution in [0.15, 0.2) is 28.6 Å². The van der Waals surface area contributed by atoms with Gasteiger partial charge < -0.3 is 16.0 Å². The van der Waals surface area contributed by atoms with Gasteiger partial charge >= 0.3 is 0 Å². The van der Waals surface area contributed by atoms with E-state index >= 15 is 0 Å². The first-order valence-electron chi connectivity index (χ1n) is 8.40. The Morgan fingerprint density at radius 3 is 2.42 bits per heavy atom. The maximum absolute atomic E-state index is 12.3. The first-order valence-corrected chi connectivity index (χ1v) is 10.1. The fourth-order valence-corrected chi connectivity index (χ4v) is 3.91. The fourth-order valence-electron chi connectivity index (χ4n) is 1.99. The van der Waals surface area contributed by atoms with E-state index in [-0.39, 0.29) is 17.1 Å². The number of amides is 2. The number of unbranched alkanes of at least 4 members (excludes halogenated alkanes) is 1. The minimum atomic E-state index is -0.304. The van der Waals surface area contributed by atoms with Crippen LogP contribution in [0, 0.1) is 0 Å². The summed E-state index contributed by atoms with van der Waals surface area (Å²) in [4.78, 5) is 23.4. The molecule has 2 rings (SSSR count). The number of carbonyl (C=O) groups excluding carboxylic acids is 2. The van der Waals surface area contributed by atoms with Crippen LogP contribution >= 0.6 is 23.1 Å². The summed E-state index contributed by atoms with van der Waals surface area (Å²) < 4.78 is 0.757. The van der Waals surface area contributed by atoms with Crippen molar-refractivity contribution in [2.45, 2.75) is 43.2 Å². The Bertz CT molecular complexity index is 733. The lowest BCUT2D eigenvalue weighted by molar-refractivity contribution is -0.115. The number of anilines is 3. The quantitative estimate of drug-likeness (QED) is 0.443. The summed E-state index contributed by atoms with van der Waals surface area (Å²) in [6, 6.07) is 6.99. The van der Waals surface area contributed by atoms with E-state index in [0.717, 1.165) is 28.9 Å². The van der Waals surface area contributed by atoms with Crippen molar-refractivity contribution < 1.29 is 9.59 Å². The molecule has 0 radical (unpaired) electrons. The average molecular weight is 394 g/mol. The number of nitrogens with zero attached hydrogens (tertiary/aromatic N) is 2. The molecule has 0 aliphatic carbocycles. The highest BCUT2D eigenvalue weighted by Crippen LogP contribution is 2.29. The van der Waals surface area contributed by atoms with Gasteiger partial charge in [0.25, 0.3) is 0 Å². The van der Waals surface area contributed by atoms with Crippen molar-refractivity contribution in [3.8, 4) is 0 Å². The molecule has 140 valence electrons. The van der Waals surface area contributed by atoms with Crippen LogP contribution in [0.1, 0.15) is 33.6 Å². The Kier molecular flexibility index (Phi) is 7.86. The van der Waals surface area contributed by atoms with Gasteiger partial charge in [-0.3, -0.25) is 9.59 Å². The highest BCUT2D eigenvalue weighted by Gasteiger charge is 2.17. The second-order valence-corrected chi connectivity index (χ2v) is 8.23. The largest absolute Gasteiger partial charge is 0.360 e. The Hall–Kier alpha value is -2.13. The molecule has 0 saturated carbocycles. The number of benzene rings is 1. The standard InChI is InChI=1S/C17H23N5O2S2/c1-4-5-10-18-16-21-22-17(26-16)25-11(2)15(24)20-14-8-6-13(7-9-14)19-12(3)23/h6-9,11H,4-5,10H2,1-3H3,(H,18,21)(H,19,23)(H,20,24). The second-order valence-electron chi connectivity index (χ2n) is 5.66. The average Bonchev–Trinajstić information content (AvgIpc) is 3.03.